The molecule has 1 atom stereocenters. The Morgan fingerprint density at radius 3 is 2.78 bits per heavy atom. The van der Waals surface area contributed by atoms with Crippen LogP contribution in [0.5, 0.6) is 0 Å². The molecule has 0 saturated heterocycles. The zero-order valence-corrected chi connectivity index (χ0v) is 12.0. The minimum Gasteiger partial charge on any atom is -0.313 e. The maximum absolute atomic E-state index is 4.36. The third-order valence-electron chi connectivity index (χ3n) is 3.14. The summed E-state index contributed by atoms with van der Waals surface area (Å²) in [7, 11) is 2.20. The van der Waals surface area contributed by atoms with Gasteiger partial charge in [-0.15, -0.1) is 0 Å². The van der Waals surface area contributed by atoms with Gasteiger partial charge in [0, 0.05) is 37.4 Å². The molecule has 0 saturated carbocycles. The predicted molar refractivity (Wildman–Crippen MR) is 77.8 cm³/mol. The highest BCUT2D eigenvalue weighted by Gasteiger charge is 2.09. The van der Waals surface area contributed by atoms with Gasteiger partial charge in [-0.25, -0.2) is 0 Å². The number of likely N-dealkylation sites (N-methyl/N-ethyl adjacent to an activating group) is 2. The number of rotatable bonds is 9. The van der Waals surface area contributed by atoms with E-state index in [1.165, 1.54) is 18.5 Å². The fourth-order valence-electron chi connectivity index (χ4n) is 2.21. The third kappa shape index (κ3) is 6.12. The monoisotopic (exact) mass is 249 g/mol. The van der Waals surface area contributed by atoms with Gasteiger partial charge in [0.15, 0.2) is 0 Å². The summed E-state index contributed by atoms with van der Waals surface area (Å²) < 4.78 is 0. The topological polar surface area (TPSA) is 28.2 Å². The molecule has 1 aromatic heterocycles. The second kappa shape index (κ2) is 9.06. The largest absolute Gasteiger partial charge is 0.313 e. The van der Waals surface area contributed by atoms with E-state index in [4.69, 9.17) is 0 Å². The van der Waals surface area contributed by atoms with Crippen molar-refractivity contribution in [2.45, 2.75) is 39.2 Å². The Bertz CT molecular complexity index is 294. The Kier molecular flexibility index (Phi) is 7.62. The Balaban J connectivity index is 2.29. The molecule has 1 unspecified atom stereocenters. The van der Waals surface area contributed by atoms with Crippen LogP contribution in [0.15, 0.2) is 24.4 Å². The molecule has 102 valence electrons. The molecule has 0 fully saturated rings. The minimum absolute atomic E-state index is 0.619. The van der Waals surface area contributed by atoms with E-state index in [1.54, 1.807) is 0 Å². The van der Waals surface area contributed by atoms with E-state index in [-0.39, 0.29) is 0 Å². The molecular weight excluding hydrogens is 222 g/mol. The van der Waals surface area contributed by atoms with Crippen molar-refractivity contribution in [3.05, 3.63) is 30.1 Å². The summed E-state index contributed by atoms with van der Waals surface area (Å²) in [5.41, 5.74) is 1.18. The zero-order chi connectivity index (χ0) is 13.2. The molecule has 1 N–H and O–H groups in total. The Hall–Kier alpha value is -0.930. The standard InChI is InChI=1S/C15H27N3/c1-4-8-15(16-5-2)13-18(3)12-10-14-9-6-7-11-17-14/h6-7,9,11,15-16H,4-5,8,10,12-13H2,1-3H3. The van der Waals surface area contributed by atoms with Crippen LogP contribution in [0.4, 0.5) is 0 Å². The molecule has 0 bridgehead atoms. The van der Waals surface area contributed by atoms with Crippen molar-refractivity contribution in [3.63, 3.8) is 0 Å². The summed E-state index contributed by atoms with van der Waals surface area (Å²) >= 11 is 0. The van der Waals surface area contributed by atoms with Crippen LogP contribution in [0, 0.1) is 0 Å². The molecule has 0 spiro atoms. The lowest BCUT2D eigenvalue weighted by Crippen LogP contribution is -2.40. The van der Waals surface area contributed by atoms with Crippen molar-refractivity contribution in [1.29, 1.82) is 0 Å². The molecule has 0 amide bonds. The number of nitrogens with zero attached hydrogens (tertiary/aromatic N) is 2. The number of aromatic nitrogens is 1. The summed E-state index contributed by atoms with van der Waals surface area (Å²) in [6.07, 6.45) is 5.39. The summed E-state index contributed by atoms with van der Waals surface area (Å²) in [6.45, 7) is 7.67. The average molecular weight is 249 g/mol. The first-order valence-electron chi connectivity index (χ1n) is 7.08. The van der Waals surface area contributed by atoms with Gasteiger partial charge < -0.3 is 10.2 Å². The van der Waals surface area contributed by atoms with Crippen molar-refractivity contribution >= 4 is 0 Å². The lowest BCUT2D eigenvalue weighted by molar-refractivity contribution is 0.284. The molecular formula is C15H27N3. The minimum atomic E-state index is 0.619. The van der Waals surface area contributed by atoms with E-state index in [9.17, 15) is 0 Å². The van der Waals surface area contributed by atoms with Gasteiger partial charge in [0.1, 0.15) is 0 Å². The van der Waals surface area contributed by atoms with Crippen LogP contribution in [-0.4, -0.2) is 42.6 Å². The lowest BCUT2D eigenvalue weighted by atomic mass is 10.1. The van der Waals surface area contributed by atoms with Crippen molar-refractivity contribution in [1.82, 2.24) is 15.2 Å². The van der Waals surface area contributed by atoms with Crippen LogP contribution in [0.2, 0.25) is 0 Å². The highest BCUT2D eigenvalue weighted by molar-refractivity contribution is 5.03. The van der Waals surface area contributed by atoms with Crippen LogP contribution in [0.25, 0.3) is 0 Å². The van der Waals surface area contributed by atoms with E-state index >= 15 is 0 Å². The van der Waals surface area contributed by atoms with E-state index in [0.29, 0.717) is 6.04 Å². The van der Waals surface area contributed by atoms with Crippen LogP contribution >= 0.6 is 0 Å². The molecule has 0 radical (unpaired) electrons. The maximum Gasteiger partial charge on any atom is 0.0416 e. The summed E-state index contributed by atoms with van der Waals surface area (Å²) in [5, 5.41) is 3.56. The predicted octanol–water partition coefficient (Wildman–Crippen LogP) is 2.33. The second-order valence-electron chi connectivity index (χ2n) is 4.88. The van der Waals surface area contributed by atoms with E-state index in [2.05, 4.69) is 48.2 Å². The van der Waals surface area contributed by atoms with Gasteiger partial charge in [-0.05, 0) is 32.1 Å². The van der Waals surface area contributed by atoms with Crippen LogP contribution in [0.3, 0.4) is 0 Å². The summed E-state index contributed by atoms with van der Waals surface area (Å²) in [6, 6.07) is 6.74. The Morgan fingerprint density at radius 1 is 1.33 bits per heavy atom. The van der Waals surface area contributed by atoms with Crippen LogP contribution in [-0.2, 0) is 6.42 Å². The fourth-order valence-corrected chi connectivity index (χ4v) is 2.21. The van der Waals surface area contributed by atoms with Crippen LogP contribution in [0.1, 0.15) is 32.4 Å². The van der Waals surface area contributed by atoms with Gasteiger partial charge in [0.25, 0.3) is 0 Å². The molecule has 0 aliphatic heterocycles. The van der Waals surface area contributed by atoms with Crippen LogP contribution < -0.4 is 5.32 Å². The molecule has 0 aliphatic carbocycles. The van der Waals surface area contributed by atoms with E-state index < -0.39 is 0 Å². The van der Waals surface area contributed by atoms with Crippen molar-refractivity contribution in [2.24, 2.45) is 0 Å². The molecule has 1 aromatic rings. The first-order valence-corrected chi connectivity index (χ1v) is 7.08. The number of hydrogen-bond acceptors (Lipinski definition) is 3. The average Bonchev–Trinajstić information content (AvgIpc) is 2.38. The molecule has 0 aromatic carbocycles. The molecule has 1 heterocycles. The first kappa shape index (κ1) is 15.1. The third-order valence-corrected chi connectivity index (χ3v) is 3.14. The molecule has 18 heavy (non-hydrogen) atoms. The van der Waals surface area contributed by atoms with Crippen molar-refractivity contribution < 1.29 is 0 Å². The van der Waals surface area contributed by atoms with E-state index in [0.717, 1.165) is 26.1 Å². The smallest absolute Gasteiger partial charge is 0.0416 e. The lowest BCUT2D eigenvalue weighted by Gasteiger charge is -2.24. The molecule has 3 nitrogen and oxygen atoms in total. The quantitative estimate of drug-likeness (QED) is 0.728. The maximum atomic E-state index is 4.36. The Morgan fingerprint density at radius 2 is 2.17 bits per heavy atom. The van der Waals surface area contributed by atoms with Gasteiger partial charge in [-0.3, -0.25) is 4.98 Å². The van der Waals surface area contributed by atoms with Crippen molar-refractivity contribution in [2.75, 3.05) is 26.7 Å². The van der Waals surface area contributed by atoms with Gasteiger partial charge in [0.05, 0.1) is 0 Å². The molecule has 3 heteroatoms. The van der Waals surface area contributed by atoms with Crippen molar-refractivity contribution in [3.8, 4) is 0 Å². The number of hydrogen-bond donors (Lipinski definition) is 1. The Labute approximate surface area is 112 Å². The fraction of sp³-hybridized carbons (Fsp3) is 0.667. The second-order valence-corrected chi connectivity index (χ2v) is 4.88. The summed E-state index contributed by atoms with van der Waals surface area (Å²) in [4.78, 5) is 6.76. The highest BCUT2D eigenvalue weighted by atomic mass is 15.1. The zero-order valence-electron chi connectivity index (χ0n) is 12.0. The van der Waals surface area contributed by atoms with Gasteiger partial charge in [0.2, 0.25) is 0 Å². The number of pyridine rings is 1. The van der Waals surface area contributed by atoms with Gasteiger partial charge in [-0.1, -0.05) is 26.3 Å². The summed E-state index contributed by atoms with van der Waals surface area (Å²) in [5.74, 6) is 0. The molecule has 0 aliphatic rings. The SMILES string of the molecule is CCCC(CN(C)CCc1ccccn1)NCC. The van der Waals surface area contributed by atoms with Gasteiger partial charge >= 0.3 is 0 Å². The molecule has 1 rings (SSSR count). The first-order chi connectivity index (χ1) is 8.76. The van der Waals surface area contributed by atoms with E-state index in [1.807, 2.05) is 12.3 Å². The van der Waals surface area contributed by atoms with Gasteiger partial charge in [-0.2, -0.15) is 0 Å². The normalized spacial score (nSPS) is 12.9. The highest BCUT2D eigenvalue weighted by Crippen LogP contribution is 2.01. The number of nitrogens with one attached hydrogen (secondary N) is 1.